The van der Waals surface area contributed by atoms with Crippen molar-refractivity contribution in [2.24, 2.45) is 0 Å². The number of aliphatic hydroxyl groups excluding tert-OH is 1. The molecule has 2 atom stereocenters. The van der Waals surface area contributed by atoms with Gasteiger partial charge in [0, 0.05) is 30.8 Å². The van der Waals surface area contributed by atoms with E-state index in [1.165, 1.54) is 0 Å². The molecule has 0 radical (unpaired) electrons. The Labute approximate surface area is 181 Å². The molecule has 0 spiro atoms. The Kier molecular flexibility index (Phi) is 6.74. The smallest absolute Gasteiger partial charge is 0.252 e. The number of nitrogens with one attached hydrogen (secondary N) is 1. The summed E-state index contributed by atoms with van der Waals surface area (Å²) in [7, 11) is 0. The predicted molar refractivity (Wildman–Crippen MR) is 117 cm³/mol. The molecule has 0 saturated carbocycles. The summed E-state index contributed by atoms with van der Waals surface area (Å²) in [5, 5.41) is 23.1. The number of fused-ring (bicyclic) bond motifs is 1. The zero-order valence-corrected chi connectivity index (χ0v) is 18.1. The third kappa shape index (κ3) is 4.84. The van der Waals surface area contributed by atoms with E-state index in [0.29, 0.717) is 25.2 Å². The Morgan fingerprint density at radius 3 is 3.00 bits per heavy atom. The zero-order chi connectivity index (χ0) is 21.8. The Balaban J connectivity index is 1.62. The fourth-order valence-electron chi connectivity index (χ4n) is 4.35. The summed E-state index contributed by atoms with van der Waals surface area (Å²) in [5.74, 6) is 0.736. The summed E-state index contributed by atoms with van der Waals surface area (Å²) < 4.78 is 7.56. The van der Waals surface area contributed by atoms with Crippen LogP contribution in [-0.4, -0.2) is 61.1 Å². The predicted octanol–water partition coefficient (Wildman–Crippen LogP) is 1.95. The topological polar surface area (TPSA) is 109 Å². The lowest BCUT2D eigenvalue weighted by molar-refractivity contribution is 0.0875. The Hall–Kier alpha value is -2.62. The molecular weight excluding hydrogens is 396 g/mol. The molecule has 2 aromatic heterocycles. The molecule has 1 aliphatic heterocycles. The Morgan fingerprint density at radius 1 is 1.39 bits per heavy atom. The van der Waals surface area contributed by atoms with Crippen molar-refractivity contribution in [3.05, 3.63) is 51.6 Å². The SMILES string of the molecule is CCC(c1nnnn1CC1CCCO1)N(CCO)Cc1cc2cc(C)ccc2[nH]c1=O. The van der Waals surface area contributed by atoms with Crippen molar-refractivity contribution < 1.29 is 9.84 Å². The normalized spacial score (nSPS) is 17.6. The lowest BCUT2D eigenvalue weighted by Crippen LogP contribution is -2.35. The van der Waals surface area contributed by atoms with Gasteiger partial charge in [0.1, 0.15) is 0 Å². The first kappa shape index (κ1) is 21.6. The molecule has 0 amide bonds. The highest BCUT2D eigenvalue weighted by atomic mass is 16.5. The van der Waals surface area contributed by atoms with Crippen LogP contribution in [0.4, 0.5) is 0 Å². The van der Waals surface area contributed by atoms with Gasteiger partial charge in [0.2, 0.25) is 0 Å². The van der Waals surface area contributed by atoms with Crippen molar-refractivity contribution in [2.75, 3.05) is 19.8 Å². The van der Waals surface area contributed by atoms with Crippen LogP contribution in [0.25, 0.3) is 10.9 Å². The van der Waals surface area contributed by atoms with Crippen molar-refractivity contribution in [3.63, 3.8) is 0 Å². The molecule has 3 aromatic rings. The molecule has 2 unspecified atom stereocenters. The van der Waals surface area contributed by atoms with Gasteiger partial charge in [-0.2, -0.15) is 0 Å². The number of pyridine rings is 1. The maximum absolute atomic E-state index is 12.7. The minimum Gasteiger partial charge on any atom is -0.395 e. The van der Waals surface area contributed by atoms with Crippen LogP contribution in [-0.2, 0) is 17.8 Å². The van der Waals surface area contributed by atoms with E-state index in [9.17, 15) is 9.90 Å². The fraction of sp³-hybridized carbons (Fsp3) is 0.545. The van der Waals surface area contributed by atoms with Crippen LogP contribution >= 0.6 is 0 Å². The van der Waals surface area contributed by atoms with Crippen LogP contribution in [0.3, 0.4) is 0 Å². The summed E-state index contributed by atoms with van der Waals surface area (Å²) in [6.45, 7) is 6.27. The van der Waals surface area contributed by atoms with Gasteiger partial charge < -0.3 is 14.8 Å². The average Bonchev–Trinajstić information content (AvgIpc) is 3.42. The number of aromatic nitrogens is 5. The molecule has 1 aliphatic rings. The summed E-state index contributed by atoms with van der Waals surface area (Å²) in [4.78, 5) is 17.8. The molecule has 0 aliphatic carbocycles. The van der Waals surface area contributed by atoms with Crippen LogP contribution in [0.2, 0.25) is 0 Å². The van der Waals surface area contributed by atoms with E-state index in [4.69, 9.17) is 4.74 Å². The number of nitrogens with zero attached hydrogens (tertiary/aromatic N) is 5. The lowest BCUT2D eigenvalue weighted by Gasteiger charge is -2.29. The van der Waals surface area contributed by atoms with Gasteiger partial charge in [0.05, 0.1) is 25.3 Å². The van der Waals surface area contributed by atoms with Crippen molar-refractivity contribution in [2.45, 2.75) is 58.3 Å². The second-order valence-electron chi connectivity index (χ2n) is 8.19. The third-order valence-electron chi connectivity index (χ3n) is 5.92. The number of H-pyrrole nitrogens is 1. The van der Waals surface area contributed by atoms with E-state index < -0.39 is 0 Å². The standard InChI is InChI=1S/C22H30N6O3/c1-3-20(21-24-25-26-28(21)14-18-5-4-10-31-18)27(8-9-29)13-17-12-16-11-15(2)6-7-19(16)23-22(17)30/h6-7,11-12,18,20,29H,3-5,8-10,13-14H2,1-2H3,(H,23,30). The second kappa shape index (κ2) is 9.67. The zero-order valence-electron chi connectivity index (χ0n) is 18.1. The Bertz CT molecular complexity index is 1070. The monoisotopic (exact) mass is 426 g/mol. The molecular formula is C22H30N6O3. The number of aromatic amines is 1. The van der Waals surface area contributed by atoms with Gasteiger partial charge in [-0.15, -0.1) is 5.10 Å². The van der Waals surface area contributed by atoms with Gasteiger partial charge in [0.15, 0.2) is 5.82 Å². The van der Waals surface area contributed by atoms with Crippen LogP contribution in [0.1, 0.15) is 49.2 Å². The van der Waals surface area contributed by atoms with Gasteiger partial charge >= 0.3 is 0 Å². The molecule has 166 valence electrons. The second-order valence-corrected chi connectivity index (χ2v) is 8.19. The van der Waals surface area contributed by atoms with Crippen LogP contribution in [0, 0.1) is 6.92 Å². The molecule has 1 saturated heterocycles. The molecule has 9 nitrogen and oxygen atoms in total. The molecule has 1 fully saturated rings. The highest BCUT2D eigenvalue weighted by Gasteiger charge is 2.27. The molecule has 2 N–H and O–H groups in total. The maximum atomic E-state index is 12.7. The number of benzene rings is 1. The first-order valence-electron chi connectivity index (χ1n) is 10.9. The number of ether oxygens (including phenoxy) is 1. The molecule has 1 aromatic carbocycles. The van der Waals surface area contributed by atoms with Gasteiger partial charge in [-0.25, -0.2) is 4.68 Å². The van der Waals surface area contributed by atoms with Crippen LogP contribution in [0.15, 0.2) is 29.1 Å². The number of hydrogen-bond donors (Lipinski definition) is 2. The number of tetrazole rings is 1. The summed E-state index contributed by atoms with van der Waals surface area (Å²) in [6, 6.07) is 7.78. The van der Waals surface area contributed by atoms with Crippen molar-refractivity contribution in [3.8, 4) is 0 Å². The highest BCUT2D eigenvalue weighted by Crippen LogP contribution is 2.25. The minimum absolute atomic E-state index is 0.0194. The molecule has 9 heteroatoms. The fourth-order valence-corrected chi connectivity index (χ4v) is 4.35. The largest absolute Gasteiger partial charge is 0.395 e. The Morgan fingerprint density at radius 2 is 2.26 bits per heavy atom. The van der Waals surface area contributed by atoms with Gasteiger partial charge in [-0.1, -0.05) is 18.6 Å². The number of rotatable bonds is 9. The average molecular weight is 427 g/mol. The van der Waals surface area contributed by atoms with Crippen LogP contribution in [0.5, 0.6) is 0 Å². The van der Waals surface area contributed by atoms with Gasteiger partial charge in [0.25, 0.3) is 5.56 Å². The van der Waals surface area contributed by atoms with Crippen molar-refractivity contribution >= 4 is 10.9 Å². The third-order valence-corrected chi connectivity index (χ3v) is 5.92. The first-order valence-corrected chi connectivity index (χ1v) is 10.9. The summed E-state index contributed by atoms with van der Waals surface area (Å²) in [5.41, 5.74) is 2.49. The van der Waals surface area contributed by atoms with Gasteiger partial charge in [-0.05, 0) is 60.2 Å². The summed E-state index contributed by atoms with van der Waals surface area (Å²) in [6.07, 6.45) is 2.93. The van der Waals surface area contributed by atoms with Crippen LogP contribution < -0.4 is 5.56 Å². The number of hydrogen-bond acceptors (Lipinski definition) is 7. The molecule has 3 heterocycles. The van der Waals surface area contributed by atoms with E-state index in [1.807, 2.05) is 29.8 Å². The first-order chi connectivity index (χ1) is 15.1. The molecule has 31 heavy (non-hydrogen) atoms. The molecule has 4 rings (SSSR count). The maximum Gasteiger partial charge on any atom is 0.252 e. The van der Waals surface area contributed by atoms with E-state index in [-0.39, 0.29) is 24.3 Å². The van der Waals surface area contributed by atoms with E-state index in [1.54, 1.807) is 0 Å². The number of aliphatic hydroxyl groups is 1. The quantitative estimate of drug-likeness (QED) is 0.538. The molecule has 0 bridgehead atoms. The van der Waals surface area contributed by atoms with E-state index in [0.717, 1.165) is 48.2 Å². The number of aryl methyl sites for hydroxylation is 1. The van der Waals surface area contributed by atoms with Crippen molar-refractivity contribution in [1.29, 1.82) is 0 Å². The summed E-state index contributed by atoms with van der Waals surface area (Å²) >= 11 is 0. The van der Waals surface area contributed by atoms with E-state index in [2.05, 4.69) is 38.4 Å². The van der Waals surface area contributed by atoms with E-state index >= 15 is 0 Å². The van der Waals surface area contributed by atoms with Crippen molar-refractivity contribution in [1.82, 2.24) is 30.1 Å². The van der Waals surface area contributed by atoms with Gasteiger partial charge in [-0.3, -0.25) is 9.69 Å². The minimum atomic E-state index is -0.129. The lowest BCUT2D eigenvalue weighted by atomic mass is 10.1. The highest BCUT2D eigenvalue weighted by molar-refractivity contribution is 5.79.